The monoisotopic (exact) mass is 541 g/mol. The molecule has 0 fully saturated rings. The average molecular weight is 541 g/mol. The van der Waals surface area contributed by atoms with Crippen LogP contribution in [0.25, 0.3) is 0 Å². The second kappa shape index (κ2) is 9.90. The predicted octanol–water partition coefficient (Wildman–Crippen LogP) is 7.85. The molecule has 1 aliphatic rings. The van der Waals surface area contributed by atoms with Crippen molar-refractivity contribution in [1.82, 2.24) is 0 Å². The van der Waals surface area contributed by atoms with Gasteiger partial charge in [0.25, 0.3) is 0 Å². The molecule has 1 amide bonds. The molecule has 1 heterocycles. The molecule has 0 spiro atoms. The fourth-order valence-electron chi connectivity index (χ4n) is 4.27. The molecule has 3 rings (SSSR count). The third-order valence-electron chi connectivity index (χ3n) is 5.99. The predicted molar refractivity (Wildman–Crippen MR) is 113 cm³/mol. The summed E-state index contributed by atoms with van der Waals surface area (Å²) in [5, 5.41) is 0. The van der Waals surface area contributed by atoms with Gasteiger partial charge in [0.2, 0.25) is 0 Å². The molecule has 2 aromatic carbocycles. The summed E-state index contributed by atoms with van der Waals surface area (Å²) >= 11 is 0. The van der Waals surface area contributed by atoms with E-state index in [1.54, 1.807) is 6.92 Å². The van der Waals surface area contributed by atoms with E-state index in [0.29, 0.717) is 12.1 Å². The third kappa shape index (κ3) is 5.85. The molecular formula is C24H20F9NO3. The zero-order valence-electron chi connectivity index (χ0n) is 19.3. The van der Waals surface area contributed by atoms with Gasteiger partial charge in [0.1, 0.15) is 0 Å². The Morgan fingerprint density at radius 3 is 1.84 bits per heavy atom. The molecule has 37 heavy (non-hydrogen) atoms. The van der Waals surface area contributed by atoms with Gasteiger partial charge in [-0.3, -0.25) is 9.69 Å². The summed E-state index contributed by atoms with van der Waals surface area (Å²) in [6, 6.07) is 1.68. The van der Waals surface area contributed by atoms with Crippen molar-refractivity contribution in [3.05, 3.63) is 64.2 Å². The van der Waals surface area contributed by atoms with Gasteiger partial charge in [-0.15, -0.1) is 0 Å². The molecule has 1 aliphatic heterocycles. The second-order valence-electron chi connectivity index (χ2n) is 8.35. The lowest BCUT2D eigenvalue weighted by Crippen LogP contribution is -2.46. The standard InChI is InChI=1S/C24H20F9NO3/c1-3-16-11-18(20(35)12-7-14(23(28,29)30)9-15(8-12)24(31,32)33)17-10-13(22(25,26)27)5-6-19(17)34(16)21(36)37-4-2/h5-10,16,18H,3-4,11H2,1-2H3. The first kappa shape index (κ1) is 28.3. The number of nitrogens with zero attached hydrogens (tertiary/aromatic N) is 1. The Labute approximate surface area is 205 Å². The van der Waals surface area contributed by atoms with Gasteiger partial charge >= 0.3 is 24.6 Å². The highest BCUT2D eigenvalue weighted by Gasteiger charge is 2.43. The zero-order chi connectivity index (χ0) is 27.9. The van der Waals surface area contributed by atoms with E-state index in [9.17, 15) is 49.1 Å². The van der Waals surface area contributed by atoms with E-state index >= 15 is 0 Å². The van der Waals surface area contributed by atoms with Crippen molar-refractivity contribution in [1.29, 1.82) is 0 Å². The van der Waals surface area contributed by atoms with Gasteiger partial charge in [0.15, 0.2) is 5.78 Å². The summed E-state index contributed by atoms with van der Waals surface area (Å²) in [6.45, 7) is 3.02. The Bertz CT molecular complexity index is 1150. The highest BCUT2D eigenvalue weighted by atomic mass is 19.4. The largest absolute Gasteiger partial charge is 0.449 e. The van der Waals surface area contributed by atoms with Gasteiger partial charge in [0.05, 0.1) is 34.9 Å². The van der Waals surface area contributed by atoms with Crippen molar-refractivity contribution in [3.63, 3.8) is 0 Å². The Morgan fingerprint density at radius 2 is 1.38 bits per heavy atom. The molecule has 4 nitrogen and oxygen atoms in total. The highest BCUT2D eigenvalue weighted by Crippen LogP contribution is 2.45. The third-order valence-corrected chi connectivity index (χ3v) is 5.99. The molecule has 202 valence electrons. The molecule has 13 heteroatoms. The molecule has 0 saturated heterocycles. The zero-order valence-corrected chi connectivity index (χ0v) is 19.3. The van der Waals surface area contributed by atoms with E-state index in [1.165, 1.54) is 6.92 Å². The van der Waals surface area contributed by atoms with Gasteiger partial charge in [0, 0.05) is 11.6 Å². The Hall–Kier alpha value is -3.25. The SMILES string of the molecule is CCOC(=O)N1c2ccc(C(F)(F)F)cc2C(C(=O)c2cc(C(F)(F)F)cc(C(F)(F)F)c2)CC1CC. The molecule has 0 N–H and O–H groups in total. The number of hydrogen-bond acceptors (Lipinski definition) is 3. The van der Waals surface area contributed by atoms with Gasteiger partial charge in [-0.1, -0.05) is 6.92 Å². The Kier molecular flexibility index (Phi) is 7.58. The Balaban J connectivity index is 2.23. The van der Waals surface area contributed by atoms with Crippen LogP contribution in [0.3, 0.4) is 0 Å². The topological polar surface area (TPSA) is 46.6 Å². The maximum atomic E-state index is 13.5. The Morgan fingerprint density at radius 1 is 0.838 bits per heavy atom. The van der Waals surface area contributed by atoms with Crippen LogP contribution in [0.15, 0.2) is 36.4 Å². The molecule has 0 aliphatic carbocycles. The van der Waals surface area contributed by atoms with Crippen LogP contribution in [0.2, 0.25) is 0 Å². The first-order chi connectivity index (χ1) is 17.0. The summed E-state index contributed by atoms with van der Waals surface area (Å²) in [5.74, 6) is -2.79. The van der Waals surface area contributed by atoms with Crippen LogP contribution in [-0.4, -0.2) is 24.5 Å². The first-order valence-electron chi connectivity index (χ1n) is 11.0. The number of anilines is 1. The summed E-state index contributed by atoms with van der Waals surface area (Å²) in [6.07, 6.45) is -16.4. The van der Waals surface area contributed by atoms with Crippen LogP contribution in [0.1, 0.15) is 65.2 Å². The number of Topliss-reactive ketones (excluding diaryl/α,β-unsaturated/α-hetero) is 1. The second-order valence-corrected chi connectivity index (χ2v) is 8.35. The molecule has 0 bridgehead atoms. The lowest BCUT2D eigenvalue weighted by Gasteiger charge is -2.39. The minimum atomic E-state index is -5.23. The number of rotatable bonds is 4. The molecule has 2 aromatic rings. The van der Waals surface area contributed by atoms with E-state index in [2.05, 4.69) is 0 Å². The first-order valence-corrected chi connectivity index (χ1v) is 11.0. The van der Waals surface area contributed by atoms with E-state index < -0.39 is 64.6 Å². The van der Waals surface area contributed by atoms with E-state index in [1.807, 2.05) is 0 Å². The quantitative estimate of drug-likeness (QED) is 0.293. The van der Waals surface area contributed by atoms with Crippen molar-refractivity contribution in [2.75, 3.05) is 11.5 Å². The van der Waals surface area contributed by atoms with Gasteiger partial charge < -0.3 is 4.74 Å². The van der Waals surface area contributed by atoms with Crippen molar-refractivity contribution in [3.8, 4) is 0 Å². The number of amides is 1. The number of carbonyl (C=O) groups is 2. The summed E-state index contributed by atoms with van der Waals surface area (Å²) in [7, 11) is 0. The molecule has 2 unspecified atom stereocenters. The van der Waals surface area contributed by atoms with Crippen LogP contribution in [0.4, 0.5) is 50.0 Å². The highest BCUT2D eigenvalue weighted by molar-refractivity contribution is 6.04. The van der Waals surface area contributed by atoms with Crippen molar-refractivity contribution in [2.24, 2.45) is 0 Å². The summed E-state index contributed by atoms with van der Waals surface area (Å²) in [4.78, 5) is 27.1. The van der Waals surface area contributed by atoms with Gasteiger partial charge in [-0.2, -0.15) is 39.5 Å². The lowest BCUT2D eigenvalue weighted by molar-refractivity contribution is -0.143. The van der Waals surface area contributed by atoms with Crippen LogP contribution in [-0.2, 0) is 23.3 Å². The summed E-state index contributed by atoms with van der Waals surface area (Å²) < 4.78 is 125. The van der Waals surface area contributed by atoms with E-state index in [0.717, 1.165) is 11.0 Å². The minimum absolute atomic E-state index is 0.0749. The number of carbonyl (C=O) groups excluding carboxylic acids is 2. The molecule has 0 saturated carbocycles. The molecular weight excluding hydrogens is 521 g/mol. The van der Waals surface area contributed by atoms with Gasteiger partial charge in [-0.05, 0) is 61.7 Å². The molecule has 0 radical (unpaired) electrons. The molecule has 0 aromatic heterocycles. The fraction of sp³-hybridized carbons (Fsp3) is 0.417. The van der Waals surface area contributed by atoms with E-state index in [-0.39, 0.29) is 48.9 Å². The number of ether oxygens (including phenoxy) is 1. The number of alkyl halides is 9. The maximum Gasteiger partial charge on any atom is 0.416 e. The maximum absolute atomic E-state index is 13.5. The van der Waals surface area contributed by atoms with Crippen LogP contribution in [0.5, 0.6) is 0 Å². The molecule has 2 atom stereocenters. The average Bonchev–Trinajstić information content (AvgIpc) is 2.80. The van der Waals surface area contributed by atoms with Crippen molar-refractivity contribution in [2.45, 2.75) is 57.2 Å². The van der Waals surface area contributed by atoms with Crippen molar-refractivity contribution >= 4 is 17.6 Å². The van der Waals surface area contributed by atoms with E-state index in [4.69, 9.17) is 4.74 Å². The summed E-state index contributed by atoms with van der Waals surface area (Å²) in [5.41, 5.74) is -6.14. The minimum Gasteiger partial charge on any atom is -0.449 e. The van der Waals surface area contributed by atoms with Crippen molar-refractivity contribution < 1.29 is 53.8 Å². The fourth-order valence-corrected chi connectivity index (χ4v) is 4.27. The number of ketones is 1. The van der Waals surface area contributed by atoms with Crippen LogP contribution < -0.4 is 4.90 Å². The van der Waals surface area contributed by atoms with Crippen LogP contribution >= 0.6 is 0 Å². The lowest BCUT2D eigenvalue weighted by atomic mass is 9.79. The number of halogens is 9. The van der Waals surface area contributed by atoms with Gasteiger partial charge in [-0.25, -0.2) is 4.79 Å². The number of fused-ring (bicyclic) bond motifs is 1. The number of hydrogen-bond donors (Lipinski definition) is 0. The van der Waals surface area contributed by atoms with Crippen LogP contribution in [0, 0.1) is 0 Å². The normalized spacial score (nSPS) is 18.4. The number of benzene rings is 2. The smallest absolute Gasteiger partial charge is 0.416 e.